The summed E-state index contributed by atoms with van der Waals surface area (Å²) in [7, 11) is 0. The molecule has 0 aliphatic heterocycles. The highest BCUT2D eigenvalue weighted by Gasteiger charge is 2.11. The van der Waals surface area contributed by atoms with Gasteiger partial charge in [-0.05, 0) is 30.3 Å². The summed E-state index contributed by atoms with van der Waals surface area (Å²) in [6.45, 7) is 3.93. The summed E-state index contributed by atoms with van der Waals surface area (Å²) in [6, 6.07) is 13.9. The van der Waals surface area contributed by atoms with E-state index in [0.717, 1.165) is 5.56 Å². The quantitative estimate of drug-likeness (QED) is 0.694. The van der Waals surface area contributed by atoms with Gasteiger partial charge >= 0.3 is 0 Å². The van der Waals surface area contributed by atoms with Gasteiger partial charge in [-0.3, -0.25) is 9.78 Å². The van der Waals surface area contributed by atoms with Gasteiger partial charge in [0.2, 0.25) is 0 Å². The molecule has 0 aliphatic rings. The highest BCUT2D eigenvalue weighted by atomic mass is 16.5. The number of nitrogens with zero attached hydrogens (tertiary/aromatic N) is 2. The van der Waals surface area contributed by atoms with Crippen LogP contribution in [0.15, 0.2) is 61.3 Å². The van der Waals surface area contributed by atoms with E-state index in [1.165, 1.54) is 0 Å². The highest BCUT2D eigenvalue weighted by Crippen LogP contribution is 2.29. The third-order valence-electron chi connectivity index (χ3n) is 3.66. The molecule has 5 nitrogen and oxygen atoms in total. The maximum Gasteiger partial charge on any atom is 0.168 e. The molecule has 0 bridgehead atoms. The Morgan fingerprint density at radius 1 is 1.12 bits per heavy atom. The van der Waals surface area contributed by atoms with E-state index in [1.54, 1.807) is 48.7 Å². The molecule has 3 rings (SSSR count). The zero-order valence-electron chi connectivity index (χ0n) is 13.4. The lowest BCUT2D eigenvalue weighted by Gasteiger charge is -2.12. The molecule has 0 saturated carbocycles. The maximum atomic E-state index is 10.9. The van der Waals surface area contributed by atoms with Crippen molar-refractivity contribution in [2.45, 2.75) is 6.61 Å². The lowest BCUT2D eigenvalue weighted by atomic mass is 10.1. The maximum absolute atomic E-state index is 10.9. The number of aldehydes is 1. The van der Waals surface area contributed by atoms with Crippen molar-refractivity contribution in [3.63, 3.8) is 0 Å². The van der Waals surface area contributed by atoms with Crippen LogP contribution in [0.5, 0.6) is 11.5 Å². The Bertz CT molecular complexity index is 922. The molecule has 0 unspecified atom stereocenters. The van der Waals surface area contributed by atoms with Crippen molar-refractivity contribution in [1.82, 2.24) is 9.97 Å². The number of carbonyl (C=O) groups is 1. The standard InChI is InChI=1S/C20H16N2O3/c1-2-16-18(24)9-4-10-19(16)25-13-14-6-5-11-21-20(14)17-8-3-7-15(12-23)22-17/h2-12,24H,1,13H2. The highest BCUT2D eigenvalue weighted by molar-refractivity contribution is 5.73. The zero-order valence-corrected chi connectivity index (χ0v) is 13.4. The Hall–Kier alpha value is -3.47. The predicted molar refractivity (Wildman–Crippen MR) is 95.4 cm³/mol. The van der Waals surface area contributed by atoms with E-state index >= 15 is 0 Å². The van der Waals surface area contributed by atoms with E-state index in [0.29, 0.717) is 34.7 Å². The van der Waals surface area contributed by atoms with Gasteiger partial charge in [-0.1, -0.05) is 30.9 Å². The summed E-state index contributed by atoms with van der Waals surface area (Å²) in [6.07, 6.45) is 3.91. The van der Waals surface area contributed by atoms with E-state index < -0.39 is 0 Å². The van der Waals surface area contributed by atoms with Crippen molar-refractivity contribution in [2.75, 3.05) is 0 Å². The molecule has 0 aliphatic carbocycles. The summed E-state index contributed by atoms with van der Waals surface area (Å²) >= 11 is 0. The fourth-order valence-electron chi connectivity index (χ4n) is 2.45. The van der Waals surface area contributed by atoms with Gasteiger partial charge in [0.1, 0.15) is 23.8 Å². The molecule has 1 aromatic carbocycles. The third kappa shape index (κ3) is 3.55. The van der Waals surface area contributed by atoms with E-state index in [1.807, 2.05) is 12.1 Å². The normalized spacial score (nSPS) is 10.2. The number of aromatic hydroxyl groups is 1. The lowest BCUT2D eigenvalue weighted by Crippen LogP contribution is -2.02. The molecule has 0 spiro atoms. The van der Waals surface area contributed by atoms with E-state index in [4.69, 9.17) is 4.74 Å². The van der Waals surface area contributed by atoms with Crippen LogP contribution in [-0.4, -0.2) is 21.4 Å². The van der Waals surface area contributed by atoms with E-state index in [9.17, 15) is 9.90 Å². The summed E-state index contributed by atoms with van der Waals surface area (Å²) in [5, 5.41) is 9.87. The Morgan fingerprint density at radius 2 is 1.96 bits per heavy atom. The summed E-state index contributed by atoms with van der Waals surface area (Å²) in [5.74, 6) is 0.638. The molecule has 2 aromatic heterocycles. The molecular weight excluding hydrogens is 316 g/mol. The Kier molecular flexibility index (Phi) is 4.85. The van der Waals surface area contributed by atoms with Gasteiger partial charge in [-0.2, -0.15) is 0 Å². The minimum atomic E-state index is 0.110. The Labute approximate surface area is 145 Å². The first-order chi connectivity index (χ1) is 12.2. The number of rotatable bonds is 6. The fraction of sp³-hybridized carbons (Fsp3) is 0.0500. The summed E-state index contributed by atoms with van der Waals surface area (Å²) in [5.41, 5.74) is 2.94. The smallest absolute Gasteiger partial charge is 0.168 e. The average molecular weight is 332 g/mol. The van der Waals surface area contributed by atoms with Crippen molar-refractivity contribution < 1.29 is 14.6 Å². The van der Waals surface area contributed by atoms with E-state index in [-0.39, 0.29) is 12.4 Å². The molecule has 0 saturated heterocycles. The number of hydrogen-bond donors (Lipinski definition) is 1. The molecular formula is C20H16N2O3. The summed E-state index contributed by atoms with van der Waals surface area (Å²) in [4.78, 5) is 19.6. The van der Waals surface area contributed by atoms with Gasteiger partial charge in [-0.25, -0.2) is 4.98 Å². The monoisotopic (exact) mass is 332 g/mol. The minimum absolute atomic E-state index is 0.110. The van der Waals surface area contributed by atoms with Gasteiger partial charge in [0.15, 0.2) is 6.29 Å². The minimum Gasteiger partial charge on any atom is -0.507 e. The van der Waals surface area contributed by atoms with Crippen LogP contribution < -0.4 is 4.74 Å². The molecule has 25 heavy (non-hydrogen) atoms. The van der Waals surface area contributed by atoms with Crippen LogP contribution in [0.25, 0.3) is 17.5 Å². The first kappa shape index (κ1) is 16.4. The Balaban J connectivity index is 1.91. The van der Waals surface area contributed by atoms with Crippen LogP contribution in [0.3, 0.4) is 0 Å². The third-order valence-corrected chi connectivity index (χ3v) is 3.66. The Morgan fingerprint density at radius 3 is 2.76 bits per heavy atom. The van der Waals surface area contributed by atoms with Crippen molar-refractivity contribution in [3.05, 3.63) is 78.1 Å². The fourth-order valence-corrected chi connectivity index (χ4v) is 2.45. The largest absolute Gasteiger partial charge is 0.507 e. The molecule has 0 fully saturated rings. The van der Waals surface area contributed by atoms with Crippen LogP contribution >= 0.6 is 0 Å². The molecule has 0 atom stereocenters. The molecule has 0 amide bonds. The number of pyridine rings is 2. The SMILES string of the molecule is C=Cc1c(O)cccc1OCc1cccnc1-c1cccc(C=O)n1. The first-order valence-electron chi connectivity index (χ1n) is 7.66. The van der Waals surface area contributed by atoms with Gasteiger partial charge < -0.3 is 9.84 Å². The van der Waals surface area contributed by atoms with Crippen LogP contribution in [0.2, 0.25) is 0 Å². The number of ether oxygens (including phenoxy) is 1. The first-order valence-corrected chi connectivity index (χ1v) is 7.66. The number of aromatic nitrogens is 2. The molecule has 1 N–H and O–H groups in total. The second kappa shape index (κ2) is 7.40. The summed E-state index contributed by atoms with van der Waals surface area (Å²) < 4.78 is 5.85. The number of phenolic OH excluding ortho intramolecular Hbond substituents is 1. The van der Waals surface area contributed by atoms with Crippen LogP contribution in [0, 0.1) is 0 Å². The second-order valence-electron chi connectivity index (χ2n) is 5.26. The second-order valence-corrected chi connectivity index (χ2v) is 5.26. The average Bonchev–Trinajstić information content (AvgIpc) is 2.66. The van der Waals surface area contributed by atoms with Gasteiger partial charge in [-0.15, -0.1) is 0 Å². The van der Waals surface area contributed by atoms with E-state index in [2.05, 4.69) is 16.5 Å². The van der Waals surface area contributed by atoms with Gasteiger partial charge in [0.25, 0.3) is 0 Å². The number of benzene rings is 1. The van der Waals surface area contributed by atoms with Crippen molar-refractivity contribution >= 4 is 12.4 Å². The van der Waals surface area contributed by atoms with Crippen molar-refractivity contribution in [1.29, 1.82) is 0 Å². The van der Waals surface area contributed by atoms with Crippen molar-refractivity contribution in [3.8, 4) is 22.9 Å². The predicted octanol–water partition coefficient (Wildman–Crippen LogP) is 3.88. The molecule has 5 heteroatoms. The number of hydrogen-bond acceptors (Lipinski definition) is 5. The number of phenols is 1. The van der Waals surface area contributed by atoms with Crippen LogP contribution in [0.1, 0.15) is 21.6 Å². The van der Waals surface area contributed by atoms with Crippen LogP contribution in [0.4, 0.5) is 0 Å². The topological polar surface area (TPSA) is 72.3 Å². The lowest BCUT2D eigenvalue weighted by molar-refractivity contribution is 0.111. The molecule has 2 heterocycles. The molecule has 0 radical (unpaired) electrons. The molecule has 3 aromatic rings. The van der Waals surface area contributed by atoms with Crippen LogP contribution in [-0.2, 0) is 6.61 Å². The zero-order chi connectivity index (χ0) is 17.6. The molecule has 124 valence electrons. The van der Waals surface area contributed by atoms with Crippen molar-refractivity contribution in [2.24, 2.45) is 0 Å². The van der Waals surface area contributed by atoms with Gasteiger partial charge in [0, 0.05) is 11.8 Å². The number of carbonyl (C=O) groups excluding carboxylic acids is 1. The van der Waals surface area contributed by atoms with Gasteiger partial charge in [0.05, 0.1) is 17.0 Å².